The Morgan fingerprint density at radius 1 is 1.39 bits per heavy atom. The Kier molecular flexibility index (Phi) is 6.84. The molecule has 0 aliphatic carbocycles. The Balaban J connectivity index is 2.36. The van der Waals surface area contributed by atoms with Gasteiger partial charge in [0.15, 0.2) is 0 Å². The monoisotopic (exact) mass is 268 g/mol. The van der Waals surface area contributed by atoms with Gasteiger partial charge in [0.1, 0.15) is 5.75 Å². The molecule has 0 radical (unpaired) electrons. The summed E-state index contributed by atoms with van der Waals surface area (Å²) in [6, 6.07) is 5.40. The lowest BCUT2D eigenvalue weighted by Gasteiger charge is -2.10. The molecule has 1 atom stereocenters. The summed E-state index contributed by atoms with van der Waals surface area (Å²) in [5.74, 6) is 0.685. The van der Waals surface area contributed by atoms with Crippen LogP contribution in [-0.4, -0.2) is 11.7 Å². The second-order valence-electron chi connectivity index (χ2n) is 4.35. The summed E-state index contributed by atoms with van der Waals surface area (Å²) in [5, 5.41) is 9.98. The molecular weight excluding hydrogens is 248 g/mol. The quantitative estimate of drug-likeness (QED) is 0.555. The van der Waals surface area contributed by atoms with E-state index in [-0.39, 0.29) is 0 Å². The van der Waals surface area contributed by atoms with Crippen molar-refractivity contribution in [3.63, 3.8) is 0 Å². The Morgan fingerprint density at radius 2 is 2.17 bits per heavy atom. The topological polar surface area (TPSA) is 29.5 Å². The first-order chi connectivity index (χ1) is 8.65. The lowest BCUT2D eigenvalue weighted by Crippen LogP contribution is -1.99. The van der Waals surface area contributed by atoms with Crippen molar-refractivity contribution in [1.82, 2.24) is 0 Å². The second kappa shape index (κ2) is 8.17. The molecular formula is C15H21ClO2. The third kappa shape index (κ3) is 5.11. The highest BCUT2D eigenvalue weighted by atomic mass is 35.5. The molecule has 1 N–H and O–H groups in total. The molecule has 0 saturated carbocycles. The Labute approximate surface area is 114 Å². The lowest BCUT2D eigenvalue weighted by atomic mass is 10.1. The molecule has 0 heterocycles. The first-order valence-electron chi connectivity index (χ1n) is 6.36. The summed E-state index contributed by atoms with van der Waals surface area (Å²) in [6.45, 7) is 6.08. The molecule has 1 rings (SSSR count). The van der Waals surface area contributed by atoms with Crippen molar-refractivity contribution in [2.75, 3.05) is 6.61 Å². The van der Waals surface area contributed by atoms with Gasteiger partial charge in [-0.25, -0.2) is 0 Å². The molecule has 18 heavy (non-hydrogen) atoms. The van der Waals surface area contributed by atoms with Gasteiger partial charge in [0.25, 0.3) is 0 Å². The van der Waals surface area contributed by atoms with Crippen LogP contribution in [0.2, 0.25) is 5.02 Å². The number of allylic oxidation sites excluding steroid dienone is 1. The molecule has 0 bridgehead atoms. The summed E-state index contributed by atoms with van der Waals surface area (Å²) in [4.78, 5) is 0. The normalized spacial score (nSPS) is 12.2. The molecule has 0 fully saturated rings. The number of hydrogen-bond donors (Lipinski definition) is 1. The number of unbranched alkanes of at least 4 members (excludes halogenated alkanes) is 3. The van der Waals surface area contributed by atoms with E-state index < -0.39 is 6.10 Å². The van der Waals surface area contributed by atoms with Gasteiger partial charge in [0.05, 0.1) is 17.7 Å². The van der Waals surface area contributed by atoms with Crippen molar-refractivity contribution < 1.29 is 9.84 Å². The highest BCUT2D eigenvalue weighted by molar-refractivity contribution is 6.32. The van der Waals surface area contributed by atoms with Crippen LogP contribution in [0.15, 0.2) is 30.9 Å². The minimum Gasteiger partial charge on any atom is -0.492 e. The first-order valence-corrected chi connectivity index (χ1v) is 6.74. The maximum Gasteiger partial charge on any atom is 0.137 e. The van der Waals surface area contributed by atoms with Gasteiger partial charge in [-0.2, -0.15) is 0 Å². The van der Waals surface area contributed by atoms with Gasteiger partial charge in [-0.15, -0.1) is 6.58 Å². The van der Waals surface area contributed by atoms with Crippen LogP contribution in [0, 0.1) is 0 Å². The maximum atomic E-state index is 9.43. The average Bonchev–Trinajstić information content (AvgIpc) is 2.35. The van der Waals surface area contributed by atoms with Crippen LogP contribution < -0.4 is 4.74 Å². The van der Waals surface area contributed by atoms with Gasteiger partial charge in [-0.05, 0) is 50.3 Å². The van der Waals surface area contributed by atoms with E-state index in [9.17, 15) is 5.11 Å². The Hall–Kier alpha value is -0.990. The molecule has 0 saturated heterocycles. The van der Waals surface area contributed by atoms with E-state index in [4.69, 9.17) is 16.3 Å². The van der Waals surface area contributed by atoms with E-state index in [1.807, 2.05) is 18.2 Å². The van der Waals surface area contributed by atoms with Crippen molar-refractivity contribution in [3.8, 4) is 5.75 Å². The highest BCUT2D eigenvalue weighted by Crippen LogP contribution is 2.28. The van der Waals surface area contributed by atoms with E-state index in [0.717, 1.165) is 31.2 Å². The molecule has 0 spiro atoms. The zero-order valence-corrected chi connectivity index (χ0v) is 11.6. The number of rotatable bonds is 8. The van der Waals surface area contributed by atoms with E-state index >= 15 is 0 Å². The number of aliphatic hydroxyl groups is 1. The fraction of sp³-hybridized carbons (Fsp3) is 0.467. The van der Waals surface area contributed by atoms with Crippen LogP contribution in [0.3, 0.4) is 0 Å². The molecule has 100 valence electrons. The van der Waals surface area contributed by atoms with E-state index in [0.29, 0.717) is 17.4 Å². The standard InChI is InChI=1S/C15H21ClO2/c1-3-4-5-6-7-10-18-15-9-8-13(12(2)17)11-14(15)16/h3,8-9,11-12,17H,1,4-7,10H2,2H3/t12-/m0/s1. The number of hydrogen-bond acceptors (Lipinski definition) is 2. The van der Waals surface area contributed by atoms with E-state index in [1.54, 1.807) is 13.0 Å². The van der Waals surface area contributed by atoms with Crippen LogP contribution in [0.5, 0.6) is 5.75 Å². The van der Waals surface area contributed by atoms with Crippen LogP contribution in [0.25, 0.3) is 0 Å². The molecule has 0 unspecified atom stereocenters. The van der Waals surface area contributed by atoms with Crippen LogP contribution in [0.4, 0.5) is 0 Å². The van der Waals surface area contributed by atoms with Gasteiger partial charge < -0.3 is 9.84 Å². The minimum absolute atomic E-state index is 0.504. The molecule has 0 amide bonds. The number of aliphatic hydroxyl groups excluding tert-OH is 1. The predicted molar refractivity (Wildman–Crippen MR) is 76.2 cm³/mol. The van der Waals surface area contributed by atoms with E-state index in [1.165, 1.54) is 0 Å². The van der Waals surface area contributed by atoms with Crippen molar-refractivity contribution >= 4 is 11.6 Å². The van der Waals surface area contributed by atoms with Gasteiger partial charge in [0.2, 0.25) is 0 Å². The molecule has 3 heteroatoms. The Bertz CT molecular complexity index is 375. The summed E-state index contributed by atoms with van der Waals surface area (Å²) >= 11 is 6.09. The highest BCUT2D eigenvalue weighted by Gasteiger charge is 2.06. The average molecular weight is 269 g/mol. The van der Waals surface area contributed by atoms with Crippen molar-refractivity contribution in [1.29, 1.82) is 0 Å². The largest absolute Gasteiger partial charge is 0.492 e. The van der Waals surface area contributed by atoms with Gasteiger partial charge >= 0.3 is 0 Å². The molecule has 1 aromatic carbocycles. The third-order valence-electron chi connectivity index (χ3n) is 2.75. The Morgan fingerprint density at radius 3 is 2.78 bits per heavy atom. The minimum atomic E-state index is -0.504. The number of benzene rings is 1. The van der Waals surface area contributed by atoms with Crippen molar-refractivity contribution in [2.24, 2.45) is 0 Å². The zero-order valence-electron chi connectivity index (χ0n) is 10.9. The second-order valence-corrected chi connectivity index (χ2v) is 4.76. The van der Waals surface area contributed by atoms with Crippen LogP contribution in [0.1, 0.15) is 44.3 Å². The first kappa shape index (κ1) is 15.1. The van der Waals surface area contributed by atoms with Crippen LogP contribution >= 0.6 is 11.6 Å². The fourth-order valence-electron chi connectivity index (χ4n) is 1.64. The fourth-order valence-corrected chi connectivity index (χ4v) is 1.89. The van der Waals surface area contributed by atoms with E-state index in [2.05, 4.69) is 6.58 Å². The van der Waals surface area contributed by atoms with Gasteiger partial charge in [-0.3, -0.25) is 0 Å². The van der Waals surface area contributed by atoms with Crippen molar-refractivity contribution in [2.45, 2.75) is 38.7 Å². The predicted octanol–water partition coefficient (Wildman–Crippen LogP) is 4.52. The van der Waals surface area contributed by atoms with Crippen molar-refractivity contribution in [3.05, 3.63) is 41.4 Å². The number of ether oxygens (including phenoxy) is 1. The third-order valence-corrected chi connectivity index (χ3v) is 3.04. The van der Waals surface area contributed by atoms with Gasteiger partial charge in [-0.1, -0.05) is 23.7 Å². The summed E-state index contributed by atoms with van der Waals surface area (Å²) in [7, 11) is 0. The molecule has 2 nitrogen and oxygen atoms in total. The number of halogens is 1. The molecule has 1 aromatic rings. The maximum absolute atomic E-state index is 9.43. The smallest absolute Gasteiger partial charge is 0.137 e. The summed E-state index contributed by atoms with van der Waals surface area (Å²) in [6.07, 6.45) is 5.80. The van der Waals surface area contributed by atoms with Crippen LogP contribution in [-0.2, 0) is 0 Å². The van der Waals surface area contributed by atoms with Gasteiger partial charge in [0, 0.05) is 0 Å². The molecule has 0 aliphatic heterocycles. The summed E-state index contributed by atoms with van der Waals surface area (Å²) < 4.78 is 5.61. The zero-order chi connectivity index (χ0) is 13.4. The SMILES string of the molecule is C=CCCCCCOc1ccc([C@H](C)O)cc1Cl. The lowest BCUT2D eigenvalue weighted by molar-refractivity contribution is 0.199. The molecule has 0 aliphatic rings. The molecule has 0 aromatic heterocycles. The summed E-state index contributed by atoms with van der Waals surface area (Å²) in [5.41, 5.74) is 0.804.